The molecule has 0 N–H and O–H groups in total. The Morgan fingerprint density at radius 3 is 2.33 bits per heavy atom. The van der Waals surface area contributed by atoms with Gasteiger partial charge in [0, 0.05) is 32.7 Å². The Bertz CT molecular complexity index is 64.1. The molecule has 1 unspecified atom stereocenters. The van der Waals surface area contributed by atoms with Crippen LogP contribution in [0.3, 0.4) is 0 Å². The normalized spacial score (nSPS) is 11.8. The fourth-order valence-electron chi connectivity index (χ4n) is 0.456. The molecular formula is C6H11OSY-. The molecule has 0 saturated carbocycles. The van der Waals surface area contributed by atoms with Crippen LogP contribution in [0.15, 0.2) is 0 Å². The van der Waals surface area contributed by atoms with Gasteiger partial charge in [-0.05, 0) is 5.75 Å². The minimum absolute atomic E-state index is 0. The first-order chi connectivity index (χ1) is 3.85. The quantitative estimate of drug-likeness (QED) is 0.560. The summed E-state index contributed by atoms with van der Waals surface area (Å²) in [5.74, 6) is 1.24. The van der Waals surface area contributed by atoms with Crippen molar-refractivity contribution in [2.75, 3.05) is 5.75 Å². The molecule has 0 aliphatic rings. The molecule has 51 valence electrons. The van der Waals surface area contributed by atoms with Gasteiger partial charge in [0.1, 0.15) is 0 Å². The van der Waals surface area contributed by atoms with Crippen LogP contribution < -0.4 is 0 Å². The molecule has 3 heteroatoms. The summed E-state index contributed by atoms with van der Waals surface area (Å²) in [6, 6.07) is 0. The number of hydrogen-bond acceptors (Lipinski definition) is 2. The molecule has 0 amide bonds. The average Bonchev–Trinajstić information content (AvgIpc) is 1.83. The van der Waals surface area contributed by atoms with Crippen LogP contribution in [0.5, 0.6) is 0 Å². The van der Waals surface area contributed by atoms with E-state index in [0.29, 0.717) is 12.3 Å². The molecule has 0 fully saturated rings. The van der Waals surface area contributed by atoms with Crippen LogP contribution in [0.2, 0.25) is 0 Å². The first-order valence-corrected chi connectivity index (χ1v) is 3.44. The summed E-state index contributed by atoms with van der Waals surface area (Å²) in [5, 5.41) is 0. The SMILES string of the molecule is CCC(CS)C[C-]=O.[Y]. The molecule has 0 aliphatic carbocycles. The summed E-state index contributed by atoms with van der Waals surface area (Å²) in [4.78, 5) is 9.77. The van der Waals surface area contributed by atoms with Crippen molar-refractivity contribution >= 4 is 18.9 Å². The molecule has 1 atom stereocenters. The van der Waals surface area contributed by atoms with E-state index in [1.54, 1.807) is 0 Å². The van der Waals surface area contributed by atoms with Crippen molar-refractivity contribution in [3.63, 3.8) is 0 Å². The van der Waals surface area contributed by atoms with Gasteiger partial charge in [-0.15, -0.1) is 6.42 Å². The van der Waals surface area contributed by atoms with E-state index in [0.717, 1.165) is 12.2 Å². The maximum atomic E-state index is 9.77. The zero-order chi connectivity index (χ0) is 6.41. The smallest absolute Gasteiger partial charge is 0 e. The van der Waals surface area contributed by atoms with E-state index in [4.69, 9.17) is 0 Å². The van der Waals surface area contributed by atoms with Gasteiger partial charge in [0.25, 0.3) is 0 Å². The molecule has 0 aromatic rings. The summed E-state index contributed by atoms with van der Waals surface area (Å²) >= 11 is 4.05. The molecule has 1 radical (unpaired) electrons. The molecule has 1 nitrogen and oxygen atoms in total. The van der Waals surface area contributed by atoms with Crippen molar-refractivity contribution in [2.45, 2.75) is 19.8 Å². The fourth-order valence-corrected chi connectivity index (χ4v) is 0.843. The second-order valence-corrected chi connectivity index (χ2v) is 2.17. The summed E-state index contributed by atoms with van der Waals surface area (Å²) in [7, 11) is 0. The van der Waals surface area contributed by atoms with Gasteiger partial charge in [-0.1, -0.05) is 19.3 Å². The maximum absolute atomic E-state index is 9.77. The summed E-state index contributed by atoms with van der Waals surface area (Å²) < 4.78 is 0. The Morgan fingerprint density at radius 2 is 2.22 bits per heavy atom. The van der Waals surface area contributed by atoms with Gasteiger partial charge in [0.05, 0.1) is 0 Å². The fraction of sp³-hybridized carbons (Fsp3) is 0.833. The van der Waals surface area contributed by atoms with Gasteiger partial charge in [-0.25, -0.2) is 0 Å². The van der Waals surface area contributed by atoms with Gasteiger partial charge >= 0.3 is 0 Å². The number of carbonyl (C=O) groups excluding carboxylic acids is 1. The van der Waals surface area contributed by atoms with Crippen LogP contribution >= 0.6 is 12.6 Å². The Kier molecular flexibility index (Phi) is 12.9. The number of hydrogen-bond donors (Lipinski definition) is 1. The van der Waals surface area contributed by atoms with Crippen LogP contribution in [0.25, 0.3) is 0 Å². The topological polar surface area (TPSA) is 17.1 Å². The minimum Gasteiger partial charge on any atom is -0.542 e. The summed E-state index contributed by atoms with van der Waals surface area (Å²) in [5.41, 5.74) is 0. The standard InChI is InChI=1S/C6H11OS.Y/c1-2-6(5-8)3-4-7;/h6,8H,2-3,5H2,1H3;/q-1;. The zero-order valence-electron chi connectivity index (χ0n) is 5.63. The molecule has 0 bridgehead atoms. The molecule has 0 spiro atoms. The Morgan fingerprint density at radius 1 is 1.67 bits per heavy atom. The van der Waals surface area contributed by atoms with E-state index in [2.05, 4.69) is 19.6 Å². The molecule has 0 rings (SSSR count). The largest absolute Gasteiger partial charge is 0.542 e. The molecule has 0 saturated heterocycles. The van der Waals surface area contributed by atoms with Crippen LogP contribution in [0.4, 0.5) is 0 Å². The van der Waals surface area contributed by atoms with Gasteiger partial charge in [-0.2, -0.15) is 12.6 Å². The Labute approximate surface area is 87.3 Å². The molecule has 0 aromatic carbocycles. The Balaban J connectivity index is 0. The van der Waals surface area contributed by atoms with Crippen molar-refractivity contribution in [1.82, 2.24) is 0 Å². The molecule has 0 aliphatic heterocycles. The van der Waals surface area contributed by atoms with Crippen molar-refractivity contribution in [3.8, 4) is 0 Å². The molecule has 0 heterocycles. The summed E-state index contributed by atoms with van der Waals surface area (Å²) in [6.45, 7) is 2.05. The van der Waals surface area contributed by atoms with Gasteiger partial charge in [-0.3, -0.25) is 6.29 Å². The second-order valence-electron chi connectivity index (χ2n) is 1.81. The van der Waals surface area contributed by atoms with Crippen molar-refractivity contribution in [3.05, 3.63) is 0 Å². The molecular weight excluding hydrogens is 209 g/mol. The first kappa shape index (κ1) is 12.8. The predicted molar refractivity (Wildman–Crippen MR) is 37.9 cm³/mol. The van der Waals surface area contributed by atoms with Gasteiger partial charge in [0.15, 0.2) is 0 Å². The van der Waals surface area contributed by atoms with Crippen LogP contribution in [0, 0.1) is 5.92 Å². The third kappa shape index (κ3) is 7.02. The zero-order valence-corrected chi connectivity index (χ0v) is 9.36. The van der Waals surface area contributed by atoms with Crippen LogP contribution in [-0.4, -0.2) is 12.0 Å². The third-order valence-electron chi connectivity index (χ3n) is 1.21. The van der Waals surface area contributed by atoms with E-state index in [1.807, 2.05) is 6.29 Å². The van der Waals surface area contributed by atoms with Gasteiger partial charge in [0.2, 0.25) is 0 Å². The minimum atomic E-state index is 0. The van der Waals surface area contributed by atoms with Crippen molar-refractivity contribution < 1.29 is 37.5 Å². The molecule has 0 aromatic heterocycles. The monoisotopic (exact) mass is 220 g/mol. The van der Waals surface area contributed by atoms with Crippen molar-refractivity contribution in [1.29, 1.82) is 0 Å². The van der Waals surface area contributed by atoms with E-state index in [-0.39, 0.29) is 32.7 Å². The van der Waals surface area contributed by atoms with Crippen molar-refractivity contribution in [2.24, 2.45) is 5.92 Å². The van der Waals surface area contributed by atoms with E-state index >= 15 is 0 Å². The first-order valence-electron chi connectivity index (χ1n) is 2.81. The number of rotatable bonds is 4. The maximum Gasteiger partial charge on any atom is 0 e. The summed E-state index contributed by atoms with van der Waals surface area (Å²) in [6.07, 6.45) is 3.44. The van der Waals surface area contributed by atoms with E-state index in [9.17, 15) is 4.79 Å². The Hall–Kier alpha value is 1.12. The van der Waals surface area contributed by atoms with Crippen LogP contribution in [0.1, 0.15) is 19.8 Å². The number of thiol groups is 1. The third-order valence-corrected chi connectivity index (χ3v) is 1.72. The predicted octanol–water partition coefficient (Wildman–Crippen LogP) is 1.44. The van der Waals surface area contributed by atoms with E-state index in [1.165, 1.54) is 0 Å². The van der Waals surface area contributed by atoms with E-state index < -0.39 is 0 Å². The van der Waals surface area contributed by atoms with Crippen LogP contribution in [-0.2, 0) is 37.5 Å². The average molecular weight is 220 g/mol. The molecule has 9 heavy (non-hydrogen) atoms. The second kappa shape index (κ2) is 9.12. The van der Waals surface area contributed by atoms with Gasteiger partial charge < -0.3 is 4.79 Å².